The molecule has 0 bridgehead atoms. The molecule has 4 unspecified atom stereocenters. The van der Waals surface area contributed by atoms with Crippen LogP contribution < -0.4 is 5.32 Å². The number of rotatable bonds is 3. The van der Waals surface area contributed by atoms with Gasteiger partial charge in [0.25, 0.3) is 0 Å². The van der Waals surface area contributed by atoms with Crippen molar-refractivity contribution in [3.05, 3.63) is 0 Å². The molecule has 3 aliphatic rings. The van der Waals surface area contributed by atoms with Crippen LogP contribution in [0.4, 0.5) is 0 Å². The van der Waals surface area contributed by atoms with Crippen molar-refractivity contribution >= 4 is 11.8 Å². The zero-order chi connectivity index (χ0) is 14.3. The topological polar surface area (TPSA) is 49.4 Å². The fourth-order valence-electron chi connectivity index (χ4n) is 4.01. The molecule has 0 aromatic carbocycles. The number of hydrogen-bond donors (Lipinski definition) is 1. The van der Waals surface area contributed by atoms with Crippen molar-refractivity contribution in [3.63, 3.8) is 0 Å². The van der Waals surface area contributed by atoms with Gasteiger partial charge in [0.1, 0.15) is 12.1 Å². The number of piperazine rings is 1. The van der Waals surface area contributed by atoms with E-state index in [1.807, 2.05) is 11.8 Å². The van der Waals surface area contributed by atoms with Gasteiger partial charge in [0.05, 0.1) is 0 Å². The Bertz CT molecular complexity index is 403. The van der Waals surface area contributed by atoms with Gasteiger partial charge in [-0.2, -0.15) is 0 Å². The van der Waals surface area contributed by atoms with Crippen molar-refractivity contribution in [3.8, 4) is 0 Å². The standard InChI is InChI=1S/C16H26N2O2/c1-3-12-15(19)17-14(11-7-5-4-6-8-11)16(20)18(12)13-9-10(13)2/h10-14H,3-9H2,1-2H3,(H,17,19). The molecule has 3 rings (SSSR count). The maximum Gasteiger partial charge on any atom is 0.246 e. The zero-order valence-corrected chi connectivity index (χ0v) is 12.6. The minimum atomic E-state index is -0.251. The lowest BCUT2D eigenvalue weighted by Crippen LogP contribution is -2.65. The van der Waals surface area contributed by atoms with Crippen LogP contribution in [0.3, 0.4) is 0 Å². The minimum absolute atomic E-state index is 0.0711. The van der Waals surface area contributed by atoms with E-state index in [4.69, 9.17) is 0 Å². The summed E-state index contributed by atoms with van der Waals surface area (Å²) in [7, 11) is 0. The van der Waals surface area contributed by atoms with Gasteiger partial charge in [0.2, 0.25) is 11.8 Å². The van der Waals surface area contributed by atoms with E-state index in [-0.39, 0.29) is 23.9 Å². The van der Waals surface area contributed by atoms with Crippen molar-refractivity contribution in [2.45, 2.75) is 76.9 Å². The maximum absolute atomic E-state index is 12.9. The predicted molar refractivity (Wildman–Crippen MR) is 77.0 cm³/mol. The van der Waals surface area contributed by atoms with Crippen LogP contribution in [0.1, 0.15) is 58.8 Å². The summed E-state index contributed by atoms with van der Waals surface area (Å²) >= 11 is 0. The summed E-state index contributed by atoms with van der Waals surface area (Å²) in [4.78, 5) is 27.2. The molecule has 1 saturated heterocycles. The number of nitrogens with one attached hydrogen (secondary N) is 1. The Morgan fingerprint density at radius 3 is 2.40 bits per heavy atom. The van der Waals surface area contributed by atoms with Gasteiger partial charge in [-0.1, -0.05) is 33.1 Å². The first-order valence-electron chi connectivity index (χ1n) is 8.26. The van der Waals surface area contributed by atoms with E-state index in [1.54, 1.807) is 0 Å². The molecule has 0 radical (unpaired) electrons. The van der Waals surface area contributed by atoms with Crippen LogP contribution in [0.15, 0.2) is 0 Å². The van der Waals surface area contributed by atoms with Gasteiger partial charge in [-0.3, -0.25) is 9.59 Å². The third-order valence-corrected chi connectivity index (χ3v) is 5.39. The largest absolute Gasteiger partial charge is 0.342 e. The first kappa shape index (κ1) is 13.9. The number of nitrogens with zero attached hydrogens (tertiary/aromatic N) is 1. The van der Waals surface area contributed by atoms with E-state index in [0.29, 0.717) is 17.9 Å². The molecule has 1 heterocycles. The molecule has 4 atom stereocenters. The normalized spacial score (nSPS) is 38.8. The highest BCUT2D eigenvalue weighted by Gasteiger charge is 2.51. The number of carbonyl (C=O) groups excluding carboxylic acids is 2. The van der Waals surface area contributed by atoms with Crippen LogP contribution in [-0.2, 0) is 9.59 Å². The molecule has 0 aromatic rings. The van der Waals surface area contributed by atoms with Crippen LogP contribution >= 0.6 is 0 Å². The van der Waals surface area contributed by atoms with E-state index < -0.39 is 0 Å². The molecule has 0 spiro atoms. The van der Waals surface area contributed by atoms with E-state index in [9.17, 15) is 9.59 Å². The SMILES string of the molecule is CCC1C(=O)NC(C2CCCCC2)C(=O)N1C1CC1C. The van der Waals surface area contributed by atoms with Gasteiger partial charge in [-0.15, -0.1) is 0 Å². The maximum atomic E-state index is 12.9. The molecule has 112 valence electrons. The molecule has 3 fully saturated rings. The summed E-state index contributed by atoms with van der Waals surface area (Å²) in [6, 6.07) is -0.180. The van der Waals surface area contributed by atoms with Crippen molar-refractivity contribution in [2.75, 3.05) is 0 Å². The summed E-state index contributed by atoms with van der Waals surface area (Å²) in [5.41, 5.74) is 0. The fourth-order valence-corrected chi connectivity index (χ4v) is 4.01. The van der Waals surface area contributed by atoms with Crippen molar-refractivity contribution in [1.82, 2.24) is 10.2 Å². The van der Waals surface area contributed by atoms with Crippen molar-refractivity contribution < 1.29 is 9.59 Å². The molecule has 20 heavy (non-hydrogen) atoms. The zero-order valence-electron chi connectivity index (χ0n) is 12.6. The third-order valence-electron chi connectivity index (χ3n) is 5.39. The fraction of sp³-hybridized carbons (Fsp3) is 0.875. The quantitative estimate of drug-likeness (QED) is 0.859. The van der Waals surface area contributed by atoms with E-state index in [1.165, 1.54) is 19.3 Å². The molecular weight excluding hydrogens is 252 g/mol. The van der Waals surface area contributed by atoms with Crippen LogP contribution in [0.25, 0.3) is 0 Å². The van der Waals surface area contributed by atoms with Crippen molar-refractivity contribution in [1.29, 1.82) is 0 Å². The molecule has 2 aliphatic carbocycles. The minimum Gasteiger partial charge on any atom is -0.342 e. The third kappa shape index (κ3) is 2.33. The first-order chi connectivity index (χ1) is 9.63. The highest BCUT2D eigenvalue weighted by Crippen LogP contribution is 2.39. The van der Waals surface area contributed by atoms with Gasteiger partial charge in [-0.25, -0.2) is 0 Å². The van der Waals surface area contributed by atoms with Crippen LogP contribution in [0.5, 0.6) is 0 Å². The Morgan fingerprint density at radius 2 is 1.85 bits per heavy atom. The summed E-state index contributed by atoms with van der Waals surface area (Å²) in [6.07, 6.45) is 7.61. The molecular formula is C16H26N2O2. The Hall–Kier alpha value is -1.06. The lowest BCUT2D eigenvalue weighted by atomic mass is 9.82. The second kappa shape index (κ2) is 5.38. The average molecular weight is 278 g/mol. The molecule has 4 nitrogen and oxygen atoms in total. The first-order valence-corrected chi connectivity index (χ1v) is 8.26. The highest BCUT2D eigenvalue weighted by molar-refractivity contribution is 5.97. The summed E-state index contributed by atoms with van der Waals surface area (Å²) in [6.45, 7) is 4.17. The highest BCUT2D eigenvalue weighted by atomic mass is 16.2. The predicted octanol–water partition coefficient (Wildman–Crippen LogP) is 2.08. The molecule has 0 aromatic heterocycles. The number of amides is 2. The number of carbonyl (C=O) groups is 2. The Labute approximate surface area is 121 Å². The van der Waals surface area contributed by atoms with Gasteiger partial charge >= 0.3 is 0 Å². The van der Waals surface area contributed by atoms with E-state index >= 15 is 0 Å². The molecule has 2 saturated carbocycles. The number of hydrogen-bond acceptors (Lipinski definition) is 2. The van der Waals surface area contributed by atoms with Gasteiger partial charge in [0.15, 0.2) is 0 Å². The Balaban J connectivity index is 1.79. The van der Waals surface area contributed by atoms with E-state index in [0.717, 1.165) is 25.7 Å². The Morgan fingerprint density at radius 1 is 1.20 bits per heavy atom. The lowest BCUT2D eigenvalue weighted by molar-refractivity contribution is -0.152. The van der Waals surface area contributed by atoms with Gasteiger partial charge < -0.3 is 10.2 Å². The summed E-state index contributed by atoms with van der Waals surface area (Å²) in [5.74, 6) is 1.18. The second-order valence-corrected chi connectivity index (χ2v) is 6.83. The molecule has 4 heteroatoms. The summed E-state index contributed by atoms with van der Waals surface area (Å²) in [5, 5.41) is 3.03. The van der Waals surface area contributed by atoms with Crippen molar-refractivity contribution in [2.24, 2.45) is 11.8 Å². The van der Waals surface area contributed by atoms with Crippen LogP contribution in [0, 0.1) is 11.8 Å². The average Bonchev–Trinajstić information content (AvgIpc) is 3.18. The molecule has 1 N–H and O–H groups in total. The molecule has 2 amide bonds. The smallest absolute Gasteiger partial charge is 0.246 e. The van der Waals surface area contributed by atoms with Crippen LogP contribution in [-0.4, -0.2) is 34.8 Å². The van der Waals surface area contributed by atoms with Crippen LogP contribution in [0.2, 0.25) is 0 Å². The summed E-state index contributed by atoms with van der Waals surface area (Å²) < 4.78 is 0. The van der Waals surface area contributed by atoms with Gasteiger partial charge in [0, 0.05) is 6.04 Å². The molecule has 1 aliphatic heterocycles. The second-order valence-electron chi connectivity index (χ2n) is 6.83. The monoisotopic (exact) mass is 278 g/mol. The van der Waals surface area contributed by atoms with E-state index in [2.05, 4.69) is 12.2 Å². The van der Waals surface area contributed by atoms with Gasteiger partial charge in [-0.05, 0) is 37.5 Å². The Kier molecular flexibility index (Phi) is 3.74. The lowest BCUT2D eigenvalue weighted by Gasteiger charge is -2.42.